The summed E-state index contributed by atoms with van der Waals surface area (Å²) in [6.45, 7) is 0.364. The van der Waals surface area contributed by atoms with Crippen LogP contribution in [0.5, 0.6) is 11.5 Å². The topological polar surface area (TPSA) is 67.5 Å². The monoisotopic (exact) mass is 292 g/mol. The molecule has 0 aliphatic heterocycles. The molecule has 0 amide bonds. The summed E-state index contributed by atoms with van der Waals surface area (Å²) in [5.74, 6) is 1.49. The van der Waals surface area contributed by atoms with Gasteiger partial charge in [-0.1, -0.05) is 23.7 Å². The predicted molar refractivity (Wildman–Crippen MR) is 79.4 cm³/mol. The molecule has 0 heterocycles. The number of hydrogen-bond acceptors (Lipinski definition) is 4. The zero-order valence-corrected chi connectivity index (χ0v) is 11.7. The summed E-state index contributed by atoms with van der Waals surface area (Å²) in [6, 6.07) is 14.8. The van der Waals surface area contributed by atoms with Crippen LogP contribution in [0.4, 0.5) is 0 Å². The van der Waals surface area contributed by atoms with Crippen molar-refractivity contribution in [3.05, 3.63) is 59.1 Å². The summed E-state index contributed by atoms with van der Waals surface area (Å²) in [6.07, 6.45) is 0.689. The number of hydroxylamine groups is 1. The van der Waals surface area contributed by atoms with E-state index in [1.54, 1.807) is 12.1 Å². The molecule has 1 atom stereocenters. The van der Waals surface area contributed by atoms with Crippen LogP contribution in [0.1, 0.15) is 5.56 Å². The van der Waals surface area contributed by atoms with E-state index in [-0.39, 0.29) is 6.04 Å². The molecule has 4 N–H and O–H groups in total. The van der Waals surface area contributed by atoms with Gasteiger partial charge in [0, 0.05) is 17.6 Å². The highest BCUT2D eigenvalue weighted by molar-refractivity contribution is 6.30. The van der Waals surface area contributed by atoms with Gasteiger partial charge in [0.1, 0.15) is 11.5 Å². The molecule has 0 fully saturated rings. The number of ether oxygens (including phenoxy) is 1. The van der Waals surface area contributed by atoms with Gasteiger partial charge >= 0.3 is 0 Å². The molecular formula is C15H17ClN2O2. The second kappa shape index (κ2) is 7.26. The Labute approximate surface area is 123 Å². The van der Waals surface area contributed by atoms with Crippen LogP contribution in [0.2, 0.25) is 5.02 Å². The van der Waals surface area contributed by atoms with Crippen molar-refractivity contribution in [3.63, 3.8) is 0 Å². The molecule has 4 nitrogen and oxygen atoms in total. The zero-order chi connectivity index (χ0) is 14.4. The van der Waals surface area contributed by atoms with Crippen molar-refractivity contribution < 1.29 is 9.94 Å². The maximum atomic E-state index is 8.58. The molecule has 0 aromatic heterocycles. The first-order chi connectivity index (χ1) is 9.67. The number of nitrogens with one attached hydrogen (secondary N) is 1. The third-order valence-electron chi connectivity index (χ3n) is 2.82. The molecule has 0 spiro atoms. The lowest BCUT2D eigenvalue weighted by molar-refractivity contribution is 0.160. The summed E-state index contributed by atoms with van der Waals surface area (Å²) < 4.78 is 5.70. The molecule has 0 saturated heterocycles. The molecule has 0 bridgehead atoms. The SMILES string of the molecule is N[C@H](CNO)Cc1ccc(Oc2ccc(Cl)cc2)cc1. The van der Waals surface area contributed by atoms with Crippen molar-refractivity contribution >= 4 is 11.6 Å². The first-order valence-corrected chi connectivity index (χ1v) is 6.70. The molecule has 0 aliphatic carbocycles. The van der Waals surface area contributed by atoms with Crippen LogP contribution in [-0.2, 0) is 6.42 Å². The Hall–Kier alpha value is -1.59. The van der Waals surface area contributed by atoms with Crippen LogP contribution in [0.3, 0.4) is 0 Å². The van der Waals surface area contributed by atoms with E-state index in [9.17, 15) is 0 Å². The highest BCUT2D eigenvalue weighted by atomic mass is 35.5. The average molecular weight is 293 g/mol. The highest BCUT2D eigenvalue weighted by Gasteiger charge is 2.04. The summed E-state index contributed by atoms with van der Waals surface area (Å²) in [5, 5.41) is 9.26. The van der Waals surface area contributed by atoms with Gasteiger partial charge in [0.25, 0.3) is 0 Å². The first-order valence-electron chi connectivity index (χ1n) is 6.32. The molecular weight excluding hydrogens is 276 g/mol. The predicted octanol–water partition coefficient (Wildman–Crippen LogP) is 2.98. The highest BCUT2D eigenvalue weighted by Crippen LogP contribution is 2.23. The summed E-state index contributed by atoms with van der Waals surface area (Å²) >= 11 is 5.82. The number of benzene rings is 2. The summed E-state index contributed by atoms with van der Waals surface area (Å²) in [4.78, 5) is 0. The Morgan fingerprint density at radius 2 is 1.60 bits per heavy atom. The molecule has 2 aromatic carbocycles. The van der Waals surface area contributed by atoms with E-state index in [2.05, 4.69) is 5.48 Å². The number of hydrogen-bond donors (Lipinski definition) is 3. The van der Waals surface area contributed by atoms with E-state index in [0.29, 0.717) is 18.0 Å². The van der Waals surface area contributed by atoms with Crippen molar-refractivity contribution in [3.8, 4) is 11.5 Å². The van der Waals surface area contributed by atoms with Crippen molar-refractivity contribution in [2.75, 3.05) is 6.54 Å². The van der Waals surface area contributed by atoms with E-state index in [1.807, 2.05) is 36.4 Å². The van der Waals surface area contributed by atoms with Gasteiger partial charge in [0.2, 0.25) is 0 Å². The van der Waals surface area contributed by atoms with E-state index < -0.39 is 0 Å². The van der Waals surface area contributed by atoms with Gasteiger partial charge in [-0.2, -0.15) is 0 Å². The fraction of sp³-hybridized carbons (Fsp3) is 0.200. The Bertz CT molecular complexity index is 529. The van der Waals surface area contributed by atoms with Crippen LogP contribution in [0.25, 0.3) is 0 Å². The Kier molecular flexibility index (Phi) is 5.38. The minimum Gasteiger partial charge on any atom is -0.457 e. The molecule has 0 unspecified atom stereocenters. The average Bonchev–Trinajstić information content (AvgIpc) is 2.44. The number of halogens is 1. The van der Waals surface area contributed by atoms with Crippen LogP contribution in [0, 0.1) is 0 Å². The van der Waals surface area contributed by atoms with E-state index in [4.69, 9.17) is 27.3 Å². The van der Waals surface area contributed by atoms with E-state index in [0.717, 1.165) is 17.1 Å². The van der Waals surface area contributed by atoms with Crippen molar-refractivity contribution in [2.45, 2.75) is 12.5 Å². The second-order valence-electron chi connectivity index (χ2n) is 4.53. The minimum atomic E-state index is -0.122. The van der Waals surface area contributed by atoms with E-state index in [1.165, 1.54) is 0 Å². The van der Waals surface area contributed by atoms with Crippen LogP contribution in [-0.4, -0.2) is 17.8 Å². The fourth-order valence-corrected chi connectivity index (χ4v) is 1.95. The quantitative estimate of drug-likeness (QED) is 0.716. The Morgan fingerprint density at radius 3 is 2.15 bits per heavy atom. The van der Waals surface area contributed by atoms with Crippen LogP contribution in [0.15, 0.2) is 48.5 Å². The summed E-state index contributed by atoms with van der Waals surface area (Å²) in [7, 11) is 0. The van der Waals surface area contributed by atoms with Gasteiger partial charge in [0.15, 0.2) is 0 Å². The van der Waals surface area contributed by atoms with Gasteiger partial charge < -0.3 is 15.7 Å². The maximum Gasteiger partial charge on any atom is 0.127 e. The molecule has 2 aromatic rings. The Morgan fingerprint density at radius 1 is 1.05 bits per heavy atom. The molecule has 2 rings (SSSR count). The normalized spacial score (nSPS) is 12.2. The lowest BCUT2D eigenvalue weighted by Gasteiger charge is -2.11. The lowest BCUT2D eigenvalue weighted by atomic mass is 10.1. The van der Waals surface area contributed by atoms with Crippen LogP contribution < -0.4 is 16.0 Å². The summed E-state index contributed by atoms with van der Waals surface area (Å²) in [5.41, 5.74) is 9.00. The number of rotatable bonds is 6. The molecule has 5 heteroatoms. The third kappa shape index (κ3) is 4.51. The lowest BCUT2D eigenvalue weighted by Crippen LogP contribution is -2.33. The first kappa shape index (κ1) is 14.8. The molecule has 0 aliphatic rings. The van der Waals surface area contributed by atoms with Gasteiger partial charge in [-0.15, -0.1) is 0 Å². The standard InChI is InChI=1S/C15H17ClN2O2/c16-12-3-7-15(8-4-12)20-14-5-1-11(2-6-14)9-13(17)10-18-19/h1-8,13,18-19H,9-10,17H2/t13-/m0/s1. The second-order valence-corrected chi connectivity index (χ2v) is 4.96. The van der Waals surface area contributed by atoms with Gasteiger partial charge in [-0.25, -0.2) is 5.48 Å². The number of nitrogens with two attached hydrogens (primary N) is 1. The molecule has 0 saturated carbocycles. The van der Waals surface area contributed by atoms with Crippen molar-refractivity contribution in [1.29, 1.82) is 0 Å². The molecule has 106 valence electrons. The van der Waals surface area contributed by atoms with E-state index >= 15 is 0 Å². The smallest absolute Gasteiger partial charge is 0.127 e. The van der Waals surface area contributed by atoms with Crippen molar-refractivity contribution in [2.24, 2.45) is 5.73 Å². The van der Waals surface area contributed by atoms with Gasteiger partial charge in [0.05, 0.1) is 0 Å². The van der Waals surface area contributed by atoms with Gasteiger partial charge in [-0.05, 0) is 48.4 Å². The molecule has 20 heavy (non-hydrogen) atoms. The maximum absolute atomic E-state index is 8.58. The van der Waals surface area contributed by atoms with Gasteiger partial charge in [-0.3, -0.25) is 0 Å². The zero-order valence-electron chi connectivity index (χ0n) is 10.9. The third-order valence-corrected chi connectivity index (χ3v) is 3.08. The minimum absolute atomic E-state index is 0.122. The largest absolute Gasteiger partial charge is 0.457 e. The van der Waals surface area contributed by atoms with Crippen molar-refractivity contribution in [1.82, 2.24) is 5.48 Å². The van der Waals surface area contributed by atoms with Crippen LogP contribution >= 0.6 is 11.6 Å². The molecule has 0 radical (unpaired) electrons. The fourth-order valence-electron chi connectivity index (χ4n) is 1.82. The Balaban J connectivity index is 1.96.